The average molecular weight is 410 g/mol. The van der Waals surface area contributed by atoms with E-state index < -0.39 is 11.7 Å². The van der Waals surface area contributed by atoms with Crippen LogP contribution in [0.3, 0.4) is 0 Å². The second-order valence-electron chi connectivity index (χ2n) is 6.55. The molecule has 0 atom stereocenters. The van der Waals surface area contributed by atoms with Gasteiger partial charge in [-0.05, 0) is 36.4 Å². The second-order valence-corrected chi connectivity index (χ2v) is 6.55. The Morgan fingerprint density at radius 2 is 1.37 bits per heavy atom. The molecule has 30 heavy (non-hydrogen) atoms. The predicted octanol–water partition coefficient (Wildman–Crippen LogP) is 4.74. The molecule has 0 aliphatic carbocycles. The topological polar surface area (TPSA) is 107 Å². The molecule has 0 bridgehead atoms. The number of aromatic amines is 2. The van der Waals surface area contributed by atoms with E-state index in [1.165, 1.54) is 0 Å². The van der Waals surface area contributed by atoms with Crippen LogP contribution in [0.4, 0.5) is 36.3 Å². The molecule has 8 nitrogen and oxygen atoms in total. The third-order valence-electron chi connectivity index (χ3n) is 4.49. The molecule has 0 unspecified atom stereocenters. The zero-order valence-corrected chi connectivity index (χ0v) is 15.1. The molecule has 3 aromatic heterocycles. The summed E-state index contributed by atoms with van der Waals surface area (Å²) in [6.45, 7) is 0. The van der Waals surface area contributed by atoms with Crippen molar-refractivity contribution in [1.82, 2.24) is 30.4 Å². The van der Waals surface area contributed by atoms with Crippen molar-refractivity contribution >= 4 is 44.9 Å². The zero-order valence-electron chi connectivity index (χ0n) is 15.1. The van der Waals surface area contributed by atoms with Crippen molar-refractivity contribution in [3.05, 3.63) is 60.6 Å². The summed E-state index contributed by atoms with van der Waals surface area (Å²) in [5.41, 5.74) is 1.71. The van der Waals surface area contributed by atoms with Crippen molar-refractivity contribution in [3.8, 4) is 0 Å². The normalized spacial score (nSPS) is 11.8. The minimum Gasteiger partial charge on any atom is -0.340 e. The van der Waals surface area contributed by atoms with Crippen LogP contribution in [0.25, 0.3) is 21.8 Å². The van der Waals surface area contributed by atoms with Crippen LogP contribution in [0.15, 0.2) is 55.0 Å². The smallest absolute Gasteiger partial charge is 0.340 e. The van der Waals surface area contributed by atoms with Crippen LogP contribution in [0.5, 0.6) is 0 Å². The summed E-state index contributed by atoms with van der Waals surface area (Å²) in [6.07, 6.45) is -0.627. The lowest BCUT2D eigenvalue weighted by atomic mass is 10.2. The number of nitrogens with zero attached hydrogens (tertiary/aromatic N) is 4. The minimum atomic E-state index is -4.61. The first-order chi connectivity index (χ1) is 14.5. The van der Waals surface area contributed by atoms with E-state index in [0.29, 0.717) is 11.4 Å². The quantitative estimate of drug-likeness (QED) is 0.341. The molecule has 0 aliphatic rings. The van der Waals surface area contributed by atoms with Crippen LogP contribution in [0.1, 0.15) is 5.56 Å². The van der Waals surface area contributed by atoms with E-state index in [2.05, 4.69) is 41.0 Å². The monoisotopic (exact) mass is 410 g/mol. The van der Waals surface area contributed by atoms with E-state index in [1.807, 2.05) is 0 Å². The fourth-order valence-electron chi connectivity index (χ4n) is 3.05. The number of alkyl halides is 3. The summed E-state index contributed by atoms with van der Waals surface area (Å²) in [5, 5.41) is 20.8. The molecular weight excluding hydrogens is 397 g/mol. The van der Waals surface area contributed by atoms with Gasteiger partial charge < -0.3 is 10.6 Å². The van der Waals surface area contributed by atoms with Crippen molar-refractivity contribution in [1.29, 1.82) is 0 Å². The van der Waals surface area contributed by atoms with E-state index in [4.69, 9.17) is 0 Å². The summed E-state index contributed by atoms with van der Waals surface area (Å²) in [4.78, 5) is 7.90. The van der Waals surface area contributed by atoms with Gasteiger partial charge in [0.2, 0.25) is 5.95 Å². The molecule has 5 rings (SSSR count). The predicted molar refractivity (Wildman–Crippen MR) is 106 cm³/mol. The summed E-state index contributed by atoms with van der Waals surface area (Å²) in [7, 11) is 0. The third kappa shape index (κ3) is 3.36. The Balaban J connectivity index is 1.50. The number of aromatic nitrogens is 6. The van der Waals surface area contributed by atoms with Crippen LogP contribution in [-0.2, 0) is 6.18 Å². The largest absolute Gasteiger partial charge is 0.421 e. The van der Waals surface area contributed by atoms with E-state index >= 15 is 0 Å². The van der Waals surface area contributed by atoms with Crippen LogP contribution in [0, 0.1) is 0 Å². The summed E-state index contributed by atoms with van der Waals surface area (Å²) >= 11 is 0. The molecular formula is C19H13F3N8. The van der Waals surface area contributed by atoms with Gasteiger partial charge in [-0.25, -0.2) is 4.98 Å². The number of halogens is 3. The Morgan fingerprint density at radius 1 is 0.767 bits per heavy atom. The highest BCUT2D eigenvalue weighted by molar-refractivity contribution is 5.84. The minimum absolute atomic E-state index is 0.0257. The van der Waals surface area contributed by atoms with Gasteiger partial charge in [-0.15, -0.1) is 0 Å². The van der Waals surface area contributed by atoms with Gasteiger partial charge in [-0.2, -0.15) is 28.4 Å². The molecule has 3 heterocycles. The van der Waals surface area contributed by atoms with Gasteiger partial charge in [0.1, 0.15) is 11.4 Å². The van der Waals surface area contributed by atoms with Crippen LogP contribution >= 0.6 is 0 Å². The molecule has 4 N–H and O–H groups in total. The zero-order chi connectivity index (χ0) is 20.7. The van der Waals surface area contributed by atoms with E-state index in [-0.39, 0.29) is 11.8 Å². The maximum atomic E-state index is 13.5. The third-order valence-corrected chi connectivity index (χ3v) is 4.49. The highest BCUT2D eigenvalue weighted by atomic mass is 19.4. The first kappa shape index (κ1) is 17.9. The first-order valence-electron chi connectivity index (χ1n) is 8.80. The number of hydrogen-bond acceptors (Lipinski definition) is 6. The van der Waals surface area contributed by atoms with Crippen LogP contribution < -0.4 is 10.6 Å². The number of H-pyrrole nitrogens is 2. The maximum Gasteiger partial charge on any atom is 0.421 e. The molecule has 0 radical (unpaired) electrons. The molecule has 0 saturated carbocycles. The Kier molecular flexibility index (Phi) is 4.02. The molecule has 0 saturated heterocycles. The highest BCUT2D eigenvalue weighted by Gasteiger charge is 2.35. The number of rotatable bonds is 4. The molecule has 150 valence electrons. The fraction of sp³-hybridized carbons (Fsp3) is 0.0526. The Labute approximate surface area is 166 Å². The van der Waals surface area contributed by atoms with Gasteiger partial charge in [-0.1, -0.05) is 0 Å². The lowest BCUT2D eigenvalue weighted by molar-refractivity contribution is -0.137. The number of nitrogens with one attached hydrogen (secondary N) is 4. The van der Waals surface area contributed by atoms with Gasteiger partial charge in [0.05, 0.1) is 23.4 Å². The van der Waals surface area contributed by atoms with Gasteiger partial charge in [0, 0.05) is 28.3 Å². The van der Waals surface area contributed by atoms with Gasteiger partial charge in [0.25, 0.3) is 0 Å². The molecule has 5 aromatic rings. The van der Waals surface area contributed by atoms with Crippen molar-refractivity contribution in [2.45, 2.75) is 6.18 Å². The number of fused-ring (bicyclic) bond motifs is 2. The van der Waals surface area contributed by atoms with Gasteiger partial charge in [-0.3, -0.25) is 10.2 Å². The average Bonchev–Trinajstić information content (AvgIpc) is 3.35. The number of benzene rings is 2. The van der Waals surface area contributed by atoms with Crippen LogP contribution in [-0.4, -0.2) is 30.4 Å². The Morgan fingerprint density at radius 3 is 1.97 bits per heavy atom. The standard InChI is InChI=1S/C19H13F3N8/c20-19(21,22)14-9-23-18(27-13-2-4-16-11(6-13)8-25-30-16)28-17(14)26-12-1-3-15-10(5-12)7-24-29-15/h1-9H,(H,24,29)(H,25,30)(H2,23,26,27,28). The second kappa shape index (κ2) is 6.72. The lowest BCUT2D eigenvalue weighted by Gasteiger charge is -2.15. The maximum absolute atomic E-state index is 13.5. The van der Waals surface area contributed by atoms with Gasteiger partial charge in [0.15, 0.2) is 0 Å². The summed E-state index contributed by atoms with van der Waals surface area (Å²) in [5.74, 6) is -0.329. The number of hydrogen-bond donors (Lipinski definition) is 4. The Hall–Kier alpha value is -4.15. The van der Waals surface area contributed by atoms with E-state index in [9.17, 15) is 13.2 Å². The lowest BCUT2D eigenvalue weighted by Crippen LogP contribution is -2.12. The van der Waals surface area contributed by atoms with E-state index in [0.717, 1.165) is 28.0 Å². The van der Waals surface area contributed by atoms with E-state index in [1.54, 1.807) is 48.8 Å². The number of anilines is 4. The van der Waals surface area contributed by atoms with Crippen molar-refractivity contribution in [2.75, 3.05) is 10.6 Å². The highest BCUT2D eigenvalue weighted by Crippen LogP contribution is 2.35. The molecule has 0 amide bonds. The Bertz CT molecular complexity index is 1350. The fourth-order valence-corrected chi connectivity index (χ4v) is 3.05. The van der Waals surface area contributed by atoms with Crippen LogP contribution in [0.2, 0.25) is 0 Å². The molecule has 2 aromatic carbocycles. The SMILES string of the molecule is FC(F)(F)c1cnc(Nc2ccc3[nH]ncc3c2)nc1Nc1ccc2[nH]ncc2c1. The van der Waals surface area contributed by atoms with Crippen molar-refractivity contribution in [3.63, 3.8) is 0 Å². The van der Waals surface area contributed by atoms with Crippen molar-refractivity contribution in [2.24, 2.45) is 0 Å². The molecule has 11 heteroatoms. The summed E-state index contributed by atoms with van der Waals surface area (Å²) < 4.78 is 40.5. The van der Waals surface area contributed by atoms with Crippen molar-refractivity contribution < 1.29 is 13.2 Å². The molecule has 0 aliphatic heterocycles. The summed E-state index contributed by atoms with van der Waals surface area (Å²) in [6, 6.07) is 10.4. The van der Waals surface area contributed by atoms with Gasteiger partial charge >= 0.3 is 6.18 Å². The first-order valence-corrected chi connectivity index (χ1v) is 8.80. The molecule has 0 fully saturated rings. The molecule has 0 spiro atoms.